The molecule has 0 unspecified atom stereocenters. The Hall–Kier alpha value is -3.15. The Balaban J connectivity index is 2.67. The highest BCUT2D eigenvalue weighted by Gasteiger charge is 2.14. The van der Waals surface area contributed by atoms with Crippen molar-refractivity contribution in [1.82, 2.24) is 9.97 Å². The molecule has 0 fully saturated rings. The third-order valence-electron chi connectivity index (χ3n) is 3.49. The van der Waals surface area contributed by atoms with E-state index in [-0.39, 0.29) is 17.0 Å². The maximum Gasteiger partial charge on any atom is 0.269 e. The van der Waals surface area contributed by atoms with Crippen molar-refractivity contribution in [3.63, 3.8) is 0 Å². The molecule has 0 aliphatic heterocycles. The minimum Gasteiger partial charge on any atom is -0.506 e. The number of benzene rings is 1. The van der Waals surface area contributed by atoms with Gasteiger partial charge in [-0.2, -0.15) is 0 Å². The van der Waals surface area contributed by atoms with Gasteiger partial charge in [-0.3, -0.25) is 4.79 Å². The first-order chi connectivity index (χ1) is 11.0. The van der Waals surface area contributed by atoms with Crippen LogP contribution in [0.15, 0.2) is 42.6 Å². The van der Waals surface area contributed by atoms with Crippen molar-refractivity contribution in [1.29, 1.82) is 0 Å². The summed E-state index contributed by atoms with van der Waals surface area (Å²) >= 11 is 0. The number of fused-ring (bicyclic) bond motifs is 3. The van der Waals surface area contributed by atoms with Crippen molar-refractivity contribution in [3.8, 4) is 5.75 Å². The average Bonchev–Trinajstić information content (AvgIpc) is 2.58. The van der Waals surface area contributed by atoms with E-state index in [1.54, 1.807) is 24.3 Å². The molecule has 0 aliphatic rings. The van der Waals surface area contributed by atoms with Crippen LogP contribution in [-0.4, -0.2) is 21.0 Å². The van der Waals surface area contributed by atoms with Crippen molar-refractivity contribution in [3.05, 3.63) is 59.7 Å². The SMILES string of the molecule is Cc1ccc(O)c[nH]c2c(C(N)=O)nc3c(F)cccc3c2c1. The highest BCUT2D eigenvalue weighted by atomic mass is 19.1. The van der Waals surface area contributed by atoms with Gasteiger partial charge in [0.2, 0.25) is 0 Å². The lowest BCUT2D eigenvalue weighted by Crippen LogP contribution is -2.14. The van der Waals surface area contributed by atoms with E-state index in [0.717, 1.165) is 5.56 Å². The molecule has 0 bridgehead atoms. The molecule has 0 saturated heterocycles. The second kappa shape index (κ2) is 5.57. The molecule has 0 aliphatic carbocycles. The Morgan fingerprint density at radius 3 is 2.78 bits per heavy atom. The third-order valence-corrected chi connectivity index (χ3v) is 3.49. The van der Waals surface area contributed by atoms with E-state index < -0.39 is 11.7 Å². The van der Waals surface area contributed by atoms with Crippen molar-refractivity contribution in [2.24, 2.45) is 5.73 Å². The summed E-state index contributed by atoms with van der Waals surface area (Å²) in [4.78, 5) is 18.7. The third kappa shape index (κ3) is 2.66. The number of nitrogens with two attached hydrogens (primary N) is 1. The fourth-order valence-electron chi connectivity index (χ4n) is 2.44. The van der Waals surface area contributed by atoms with Crippen molar-refractivity contribution in [2.45, 2.75) is 6.92 Å². The first-order valence-corrected chi connectivity index (χ1v) is 6.91. The standard InChI is InChI=1S/C17H14FN3O2/c1-9-5-6-10(22)8-20-15-12(7-9)11-3-2-4-13(18)14(11)21-16(15)17(19)23/h2-8,20,22H,1H3,(H2,19,23). The first kappa shape index (κ1) is 14.8. The minimum atomic E-state index is -0.787. The van der Waals surface area contributed by atoms with Crippen LogP contribution in [0, 0.1) is 12.7 Å². The van der Waals surface area contributed by atoms with Gasteiger partial charge >= 0.3 is 0 Å². The number of nitrogens with one attached hydrogen (secondary N) is 1. The molecule has 1 aromatic carbocycles. The van der Waals surface area contributed by atoms with Crippen LogP contribution in [0.25, 0.3) is 21.8 Å². The van der Waals surface area contributed by atoms with Crippen LogP contribution < -0.4 is 5.73 Å². The zero-order valence-electron chi connectivity index (χ0n) is 12.3. The van der Waals surface area contributed by atoms with Crippen LogP contribution in [0.2, 0.25) is 0 Å². The number of carbonyl (C=O) groups excluding carboxylic acids is 1. The Morgan fingerprint density at radius 2 is 2.04 bits per heavy atom. The molecule has 23 heavy (non-hydrogen) atoms. The summed E-state index contributed by atoms with van der Waals surface area (Å²) in [6.45, 7) is 1.83. The number of H-pyrrole nitrogens is 1. The lowest BCUT2D eigenvalue weighted by molar-refractivity contribution is 0.0997. The number of para-hydroxylation sites is 1. The van der Waals surface area contributed by atoms with E-state index in [4.69, 9.17) is 5.73 Å². The topological polar surface area (TPSA) is 92.0 Å². The summed E-state index contributed by atoms with van der Waals surface area (Å²) in [5.41, 5.74) is 6.51. The van der Waals surface area contributed by atoms with Gasteiger partial charge in [0, 0.05) is 17.0 Å². The number of halogens is 1. The quantitative estimate of drug-likeness (QED) is 0.645. The molecule has 3 aromatic rings. The number of aromatic amines is 1. The largest absolute Gasteiger partial charge is 0.506 e. The summed E-state index contributed by atoms with van der Waals surface area (Å²) in [6, 6.07) is 9.55. The summed E-state index contributed by atoms with van der Waals surface area (Å²) in [5.74, 6) is -1.35. The van der Waals surface area contributed by atoms with Gasteiger partial charge in [0.25, 0.3) is 5.91 Å². The van der Waals surface area contributed by atoms with Crippen LogP contribution in [0.1, 0.15) is 16.1 Å². The van der Waals surface area contributed by atoms with E-state index in [1.807, 2.05) is 6.92 Å². The van der Waals surface area contributed by atoms with Gasteiger partial charge in [-0.25, -0.2) is 9.37 Å². The molecule has 1 amide bonds. The Kier molecular flexibility index (Phi) is 3.57. The van der Waals surface area contributed by atoms with E-state index in [9.17, 15) is 14.3 Å². The van der Waals surface area contributed by atoms with Crippen molar-refractivity contribution in [2.75, 3.05) is 0 Å². The van der Waals surface area contributed by atoms with Gasteiger partial charge in [-0.15, -0.1) is 0 Å². The number of carbonyl (C=O) groups is 1. The van der Waals surface area contributed by atoms with Crippen LogP contribution in [-0.2, 0) is 0 Å². The zero-order chi connectivity index (χ0) is 16.6. The van der Waals surface area contributed by atoms with Crippen LogP contribution >= 0.6 is 0 Å². The minimum absolute atomic E-state index is 0.0274. The lowest BCUT2D eigenvalue weighted by atomic mass is 10.1. The van der Waals surface area contributed by atoms with E-state index >= 15 is 0 Å². The van der Waals surface area contributed by atoms with E-state index in [2.05, 4.69) is 9.97 Å². The molecule has 2 aromatic heterocycles. The highest BCUT2D eigenvalue weighted by molar-refractivity contribution is 6.12. The van der Waals surface area contributed by atoms with E-state index in [0.29, 0.717) is 16.3 Å². The Labute approximate surface area is 130 Å². The average molecular weight is 311 g/mol. The number of aromatic hydroxyl groups is 1. The smallest absolute Gasteiger partial charge is 0.269 e. The first-order valence-electron chi connectivity index (χ1n) is 6.91. The summed E-state index contributed by atoms with van der Waals surface area (Å²) in [5, 5.41) is 10.9. The molecule has 5 nitrogen and oxygen atoms in total. The summed E-state index contributed by atoms with van der Waals surface area (Å²) in [6.07, 6.45) is 1.32. The van der Waals surface area contributed by atoms with Crippen LogP contribution in [0.3, 0.4) is 0 Å². The molecule has 3 rings (SSSR count). The molecule has 0 radical (unpaired) electrons. The van der Waals surface area contributed by atoms with Crippen LogP contribution in [0.4, 0.5) is 4.39 Å². The molecule has 0 spiro atoms. The normalized spacial score (nSPS) is 10.7. The van der Waals surface area contributed by atoms with Gasteiger partial charge in [0.05, 0.1) is 5.52 Å². The van der Waals surface area contributed by atoms with Crippen molar-refractivity contribution >= 4 is 27.7 Å². The molecular formula is C17H14FN3O2. The number of amides is 1. The van der Waals surface area contributed by atoms with Gasteiger partial charge < -0.3 is 15.8 Å². The van der Waals surface area contributed by atoms with Crippen LogP contribution in [0.5, 0.6) is 5.75 Å². The predicted octanol–water partition coefficient (Wildman–Crippen LogP) is 3.09. The monoisotopic (exact) mass is 311 g/mol. The number of primary amides is 1. The summed E-state index contributed by atoms with van der Waals surface area (Å²) in [7, 11) is 0. The van der Waals surface area contributed by atoms with Gasteiger partial charge in [0.15, 0.2) is 5.69 Å². The zero-order valence-corrected chi connectivity index (χ0v) is 12.3. The summed E-state index contributed by atoms with van der Waals surface area (Å²) < 4.78 is 14.1. The fourth-order valence-corrected chi connectivity index (χ4v) is 2.44. The molecule has 0 saturated carbocycles. The second-order valence-electron chi connectivity index (χ2n) is 5.18. The van der Waals surface area contributed by atoms with Gasteiger partial charge in [-0.1, -0.05) is 23.8 Å². The highest BCUT2D eigenvalue weighted by Crippen LogP contribution is 2.26. The number of hydrogen-bond acceptors (Lipinski definition) is 3. The fraction of sp³-hybridized carbons (Fsp3) is 0.0588. The van der Waals surface area contributed by atoms with E-state index in [1.165, 1.54) is 18.3 Å². The lowest BCUT2D eigenvalue weighted by Gasteiger charge is -2.06. The molecule has 6 heteroatoms. The number of rotatable bonds is 1. The molecule has 4 N–H and O–H groups in total. The molecule has 2 heterocycles. The predicted molar refractivity (Wildman–Crippen MR) is 86.1 cm³/mol. The Morgan fingerprint density at radius 1 is 1.26 bits per heavy atom. The Bertz CT molecular complexity index is 994. The number of aryl methyl sites for hydroxylation is 1. The maximum absolute atomic E-state index is 14.1. The van der Waals surface area contributed by atoms with Gasteiger partial charge in [0.1, 0.15) is 17.1 Å². The molecular weight excluding hydrogens is 297 g/mol. The second-order valence-corrected chi connectivity index (χ2v) is 5.18. The number of nitrogens with zero attached hydrogens (tertiary/aromatic N) is 1. The number of pyridine rings is 1. The van der Waals surface area contributed by atoms with Crippen molar-refractivity contribution < 1.29 is 14.3 Å². The molecule has 116 valence electrons. The van der Waals surface area contributed by atoms with Gasteiger partial charge in [-0.05, 0) is 25.1 Å². The number of hydrogen-bond donors (Lipinski definition) is 3. The maximum atomic E-state index is 14.1. The molecule has 0 atom stereocenters. The number of aromatic nitrogens is 2.